The molecule has 0 spiro atoms. The second-order valence-corrected chi connectivity index (χ2v) is 5.49. The van der Waals surface area contributed by atoms with E-state index in [1.54, 1.807) is 0 Å². The van der Waals surface area contributed by atoms with Gasteiger partial charge in [-0.3, -0.25) is 4.79 Å². The minimum Gasteiger partial charge on any atom is -0.344 e. The van der Waals surface area contributed by atoms with Crippen molar-refractivity contribution in [3.63, 3.8) is 0 Å². The highest BCUT2D eigenvalue weighted by molar-refractivity contribution is 5.92. The molecule has 0 radical (unpaired) electrons. The van der Waals surface area contributed by atoms with Gasteiger partial charge >= 0.3 is 6.55 Å². The second kappa shape index (κ2) is 7.82. The Morgan fingerprint density at radius 2 is 1.96 bits per heavy atom. The van der Waals surface area contributed by atoms with Gasteiger partial charge in [0, 0.05) is 6.20 Å². The van der Waals surface area contributed by atoms with Gasteiger partial charge in [0.25, 0.3) is 5.91 Å². The van der Waals surface area contributed by atoms with Gasteiger partial charge < -0.3 is 10.2 Å². The maximum atomic E-state index is 12.5. The first-order chi connectivity index (χ1) is 11.0. The molecule has 0 fully saturated rings. The Morgan fingerprint density at radius 1 is 1.26 bits per heavy atom. The molecule has 2 rings (SSSR count). The number of hydrogen-bond donors (Lipinski definition) is 1. The first kappa shape index (κ1) is 17.1. The number of nitrogens with one attached hydrogen (secondary N) is 1. The van der Waals surface area contributed by atoms with Gasteiger partial charge in [-0.2, -0.15) is 13.9 Å². The number of carbonyl (C=O) groups is 1. The van der Waals surface area contributed by atoms with E-state index in [9.17, 15) is 13.6 Å². The van der Waals surface area contributed by atoms with E-state index in [1.807, 2.05) is 49.3 Å². The number of rotatable bonds is 7. The van der Waals surface area contributed by atoms with Crippen LogP contribution in [0.25, 0.3) is 0 Å². The Balaban J connectivity index is 2.11. The van der Waals surface area contributed by atoms with Gasteiger partial charge in [0.1, 0.15) is 5.69 Å². The standard InChI is InChI=1S/C16H20F2N4O/c1-21(2)10-8-13(12-6-4-3-5-7-12)19-15(23)14-9-11-22(20-14)16(17)18/h3-7,9,11,13,16H,8,10H2,1-2H3,(H,19,23). The second-order valence-electron chi connectivity index (χ2n) is 5.49. The van der Waals surface area contributed by atoms with Crippen LogP contribution in [-0.4, -0.2) is 41.2 Å². The van der Waals surface area contributed by atoms with Crippen LogP contribution in [-0.2, 0) is 0 Å². The smallest absolute Gasteiger partial charge is 0.333 e. The van der Waals surface area contributed by atoms with Gasteiger partial charge in [0.2, 0.25) is 0 Å². The highest BCUT2D eigenvalue weighted by atomic mass is 19.3. The number of alkyl halides is 2. The van der Waals surface area contributed by atoms with Crippen LogP contribution >= 0.6 is 0 Å². The van der Waals surface area contributed by atoms with E-state index in [2.05, 4.69) is 10.4 Å². The molecular weight excluding hydrogens is 302 g/mol. The Kier molecular flexibility index (Phi) is 5.81. The normalized spacial score (nSPS) is 12.6. The van der Waals surface area contributed by atoms with Crippen molar-refractivity contribution in [1.82, 2.24) is 20.0 Å². The summed E-state index contributed by atoms with van der Waals surface area (Å²) in [6, 6.07) is 10.6. The highest BCUT2D eigenvalue weighted by Gasteiger charge is 2.18. The lowest BCUT2D eigenvalue weighted by Crippen LogP contribution is -2.31. The lowest BCUT2D eigenvalue weighted by atomic mass is 10.0. The zero-order chi connectivity index (χ0) is 16.8. The summed E-state index contributed by atoms with van der Waals surface area (Å²) in [5, 5.41) is 6.47. The fourth-order valence-electron chi connectivity index (χ4n) is 2.19. The molecule has 0 bridgehead atoms. The van der Waals surface area contributed by atoms with Crippen molar-refractivity contribution < 1.29 is 13.6 Å². The molecular formula is C16H20F2N4O. The molecule has 1 aromatic heterocycles. The largest absolute Gasteiger partial charge is 0.344 e. The molecule has 1 heterocycles. The Hall–Kier alpha value is -2.28. The maximum Gasteiger partial charge on any atom is 0.333 e. The molecule has 0 aliphatic carbocycles. The van der Waals surface area contributed by atoms with Crippen molar-refractivity contribution in [2.24, 2.45) is 0 Å². The van der Waals surface area contributed by atoms with Crippen LogP contribution in [0.5, 0.6) is 0 Å². The van der Waals surface area contributed by atoms with E-state index in [0.29, 0.717) is 11.1 Å². The summed E-state index contributed by atoms with van der Waals surface area (Å²) in [5.74, 6) is -0.461. The summed E-state index contributed by atoms with van der Waals surface area (Å²) in [4.78, 5) is 14.3. The van der Waals surface area contributed by atoms with E-state index in [-0.39, 0.29) is 11.7 Å². The Labute approximate surface area is 133 Å². The fourth-order valence-corrected chi connectivity index (χ4v) is 2.19. The molecule has 23 heavy (non-hydrogen) atoms. The van der Waals surface area contributed by atoms with Crippen LogP contribution in [0.1, 0.15) is 35.1 Å². The van der Waals surface area contributed by atoms with E-state index in [1.165, 1.54) is 6.07 Å². The van der Waals surface area contributed by atoms with Crippen LogP contribution in [0.2, 0.25) is 0 Å². The maximum absolute atomic E-state index is 12.5. The van der Waals surface area contributed by atoms with Gasteiger partial charge in [-0.25, -0.2) is 4.68 Å². The van der Waals surface area contributed by atoms with Gasteiger partial charge in [0.05, 0.1) is 6.04 Å². The van der Waals surface area contributed by atoms with E-state index in [0.717, 1.165) is 18.3 Å². The third-order valence-corrected chi connectivity index (χ3v) is 3.41. The van der Waals surface area contributed by atoms with Crippen LogP contribution in [0, 0.1) is 0 Å². The summed E-state index contributed by atoms with van der Waals surface area (Å²) < 4.78 is 25.6. The number of halogens is 2. The summed E-state index contributed by atoms with van der Waals surface area (Å²) in [5.41, 5.74) is 0.951. The summed E-state index contributed by atoms with van der Waals surface area (Å²) >= 11 is 0. The minimum absolute atomic E-state index is 0.0175. The molecule has 1 aromatic carbocycles. The number of hydrogen-bond acceptors (Lipinski definition) is 3. The Bertz CT molecular complexity index is 628. The quantitative estimate of drug-likeness (QED) is 0.853. The van der Waals surface area contributed by atoms with Gasteiger partial charge in [-0.1, -0.05) is 30.3 Å². The zero-order valence-electron chi connectivity index (χ0n) is 13.1. The molecule has 1 N–H and O–H groups in total. The Morgan fingerprint density at radius 3 is 2.52 bits per heavy atom. The average Bonchev–Trinajstić information content (AvgIpc) is 3.02. The number of benzene rings is 1. The van der Waals surface area contributed by atoms with Crippen molar-refractivity contribution in [1.29, 1.82) is 0 Å². The predicted molar refractivity (Wildman–Crippen MR) is 83.3 cm³/mol. The third kappa shape index (κ3) is 4.85. The van der Waals surface area contributed by atoms with Crippen LogP contribution in [0.3, 0.4) is 0 Å². The highest BCUT2D eigenvalue weighted by Crippen LogP contribution is 2.18. The summed E-state index contributed by atoms with van der Waals surface area (Å²) in [7, 11) is 3.91. The molecule has 124 valence electrons. The van der Waals surface area contributed by atoms with E-state index >= 15 is 0 Å². The van der Waals surface area contributed by atoms with Crippen molar-refractivity contribution in [3.05, 3.63) is 53.9 Å². The van der Waals surface area contributed by atoms with Crippen molar-refractivity contribution in [2.75, 3.05) is 20.6 Å². The van der Waals surface area contributed by atoms with Crippen LogP contribution < -0.4 is 5.32 Å². The molecule has 7 heteroatoms. The zero-order valence-corrected chi connectivity index (χ0v) is 13.1. The number of nitrogens with zero attached hydrogens (tertiary/aromatic N) is 3. The molecule has 0 saturated heterocycles. The molecule has 0 saturated carbocycles. The topological polar surface area (TPSA) is 50.2 Å². The lowest BCUT2D eigenvalue weighted by molar-refractivity contribution is 0.0559. The van der Waals surface area contributed by atoms with Gasteiger partial charge in [-0.05, 0) is 38.7 Å². The molecule has 2 aromatic rings. The molecule has 5 nitrogen and oxygen atoms in total. The van der Waals surface area contributed by atoms with Crippen molar-refractivity contribution in [2.45, 2.75) is 19.0 Å². The first-order valence-corrected chi connectivity index (χ1v) is 7.31. The fraction of sp³-hybridized carbons (Fsp3) is 0.375. The summed E-state index contributed by atoms with van der Waals surface area (Å²) in [6.45, 7) is -1.97. The monoisotopic (exact) mass is 322 g/mol. The third-order valence-electron chi connectivity index (χ3n) is 3.41. The summed E-state index contributed by atoms with van der Waals surface area (Å²) in [6.07, 6.45) is 1.80. The molecule has 1 amide bonds. The first-order valence-electron chi connectivity index (χ1n) is 7.31. The number of aromatic nitrogens is 2. The van der Waals surface area contributed by atoms with E-state index < -0.39 is 12.5 Å². The SMILES string of the molecule is CN(C)CCC(NC(=O)c1ccn(C(F)F)n1)c1ccccc1. The van der Waals surface area contributed by atoms with Crippen molar-refractivity contribution >= 4 is 5.91 Å². The van der Waals surface area contributed by atoms with Gasteiger partial charge in [-0.15, -0.1) is 0 Å². The molecule has 0 aliphatic heterocycles. The lowest BCUT2D eigenvalue weighted by Gasteiger charge is -2.20. The molecule has 0 aliphatic rings. The predicted octanol–water partition coefficient (Wildman–Crippen LogP) is 2.70. The average molecular weight is 322 g/mol. The van der Waals surface area contributed by atoms with Gasteiger partial charge in [0.15, 0.2) is 0 Å². The molecule has 1 atom stereocenters. The van der Waals surface area contributed by atoms with Crippen LogP contribution in [0.15, 0.2) is 42.6 Å². The molecule has 1 unspecified atom stereocenters. The number of carbonyl (C=O) groups excluding carboxylic acids is 1. The van der Waals surface area contributed by atoms with E-state index in [4.69, 9.17) is 0 Å². The van der Waals surface area contributed by atoms with Crippen molar-refractivity contribution in [3.8, 4) is 0 Å². The minimum atomic E-state index is -2.75. The number of amides is 1. The van der Waals surface area contributed by atoms with Crippen LogP contribution in [0.4, 0.5) is 8.78 Å².